The molecule has 5 rings (SSSR count). The Morgan fingerprint density at radius 3 is 2.00 bits per heavy atom. The first-order valence-electron chi connectivity index (χ1n) is 18.5. The minimum absolute atomic E-state index is 0.00282. The predicted molar refractivity (Wildman–Crippen MR) is 199 cm³/mol. The van der Waals surface area contributed by atoms with Crippen LogP contribution in [-0.4, -0.2) is 107 Å². The van der Waals surface area contributed by atoms with Crippen molar-refractivity contribution in [3.05, 3.63) is 71.4 Å². The van der Waals surface area contributed by atoms with E-state index < -0.39 is 96.7 Å². The van der Waals surface area contributed by atoms with Gasteiger partial charge in [0.25, 0.3) is 11.8 Å². The Bertz CT molecular complexity index is 2080. The van der Waals surface area contributed by atoms with Crippen LogP contribution in [0.5, 0.6) is 0 Å². The molecule has 2 aliphatic heterocycles. The maximum atomic E-state index is 13.7. The number of nitrogens with one attached hydrogen (secondary N) is 5. The zero-order valence-corrected chi connectivity index (χ0v) is 32.6. The van der Waals surface area contributed by atoms with Gasteiger partial charge in [0.2, 0.25) is 17.7 Å². The number of carboxylic acids is 2. The number of ether oxygens (including phenoxy) is 1. The number of imide groups is 1. The largest absolute Gasteiger partial charge is 0.542 e. The fraction of sp³-hybridized carbons (Fsp3) is 0.385. The van der Waals surface area contributed by atoms with Crippen LogP contribution in [0.1, 0.15) is 69.4 Å². The molecule has 0 saturated carbocycles. The Labute approximate surface area is 344 Å². The average Bonchev–Trinajstić information content (AvgIpc) is 3.92. The Morgan fingerprint density at radius 2 is 1.48 bits per heavy atom. The second-order valence-electron chi connectivity index (χ2n) is 14.2. The van der Waals surface area contributed by atoms with Gasteiger partial charge in [0, 0.05) is 31.6 Å². The molecular weight excluding hydrogens is 817 g/mol. The molecule has 2 aromatic rings. The molecule has 1 fully saturated rings. The quantitative estimate of drug-likeness (QED) is 0.111. The molecule has 3 aliphatic rings. The van der Waals surface area contributed by atoms with Crippen LogP contribution in [0.25, 0.3) is 11.1 Å². The third-order valence-corrected chi connectivity index (χ3v) is 9.26. The van der Waals surface area contributed by atoms with Crippen molar-refractivity contribution in [1.82, 2.24) is 26.3 Å². The van der Waals surface area contributed by atoms with Crippen LogP contribution < -0.4 is 31.4 Å². The average molecular weight is 859 g/mol. The Morgan fingerprint density at radius 1 is 0.902 bits per heavy atom. The second kappa shape index (κ2) is 20.2. The van der Waals surface area contributed by atoms with Gasteiger partial charge in [-0.3, -0.25) is 28.8 Å². The fourth-order valence-electron chi connectivity index (χ4n) is 6.21. The van der Waals surface area contributed by atoms with Crippen LogP contribution in [0.3, 0.4) is 0 Å². The third-order valence-electron chi connectivity index (χ3n) is 9.26. The van der Waals surface area contributed by atoms with E-state index in [9.17, 15) is 56.6 Å². The number of hydrogen-bond acceptors (Lipinski definition) is 12. The number of alkyl halides is 3. The van der Waals surface area contributed by atoms with Crippen LogP contribution in [0, 0.1) is 0 Å². The number of hydrogen-bond donors (Lipinski definition) is 6. The van der Waals surface area contributed by atoms with Gasteiger partial charge in [0.15, 0.2) is 5.70 Å². The Balaban J connectivity index is 0.00000107. The number of nitrogens with zero attached hydrogens (tertiary/aromatic N) is 1. The normalized spacial score (nSPS) is 15.2. The van der Waals surface area contributed by atoms with Crippen LogP contribution >= 0.6 is 0 Å². The van der Waals surface area contributed by atoms with Crippen molar-refractivity contribution in [2.45, 2.75) is 82.1 Å². The van der Waals surface area contributed by atoms with Crippen molar-refractivity contribution in [2.24, 2.45) is 0 Å². The predicted octanol–water partition coefficient (Wildman–Crippen LogP) is -1.01. The number of fused-ring (bicyclic) bond motifs is 3. The van der Waals surface area contributed by atoms with Gasteiger partial charge in [-0.2, -0.15) is 13.2 Å². The smallest absolute Gasteiger partial charge is 0.430 e. The molecule has 0 unspecified atom stereocenters. The van der Waals surface area contributed by atoms with E-state index in [1.54, 1.807) is 6.21 Å². The number of carboxylic acid groups (broad SMARTS) is 2. The Hall–Kier alpha value is -7.13. The summed E-state index contributed by atoms with van der Waals surface area (Å²) in [5, 5.41) is 28.1. The zero-order chi connectivity index (χ0) is 45.1. The number of carbonyl (C=O) groups is 9. The minimum Gasteiger partial charge on any atom is -0.542 e. The van der Waals surface area contributed by atoms with Crippen molar-refractivity contribution in [3.8, 4) is 11.1 Å². The van der Waals surface area contributed by atoms with E-state index in [1.165, 1.54) is 13.8 Å². The zero-order valence-electron chi connectivity index (χ0n) is 32.6. The molecule has 1 aliphatic carbocycles. The highest BCUT2D eigenvalue weighted by Gasteiger charge is 2.38. The summed E-state index contributed by atoms with van der Waals surface area (Å²) in [5.41, 5.74) is 3.06. The minimum atomic E-state index is -5.19. The highest BCUT2D eigenvalue weighted by molar-refractivity contribution is 6.02. The van der Waals surface area contributed by atoms with Crippen LogP contribution in [0.15, 0.2) is 60.3 Å². The molecule has 61 heavy (non-hydrogen) atoms. The van der Waals surface area contributed by atoms with Gasteiger partial charge in [-0.1, -0.05) is 48.5 Å². The van der Waals surface area contributed by atoms with E-state index in [-0.39, 0.29) is 31.8 Å². The van der Waals surface area contributed by atoms with Crippen LogP contribution in [-0.2, 0) is 47.9 Å². The first-order chi connectivity index (χ1) is 28.7. The van der Waals surface area contributed by atoms with Crippen molar-refractivity contribution in [1.29, 1.82) is 0 Å². The molecule has 2 heterocycles. The molecule has 1 saturated heterocycles. The summed E-state index contributed by atoms with van der Waals surface area (Å²) in [6.45, 7) is 1.89. The lowest BCUT2D eigenvalue weighted by molar-refractivity contribution is -0.391. The van der Waals surface area contributed by atoms with Gasteiger partial charge in [-0.05, 0) is 48.6 Å². The number of alkyl carbamates (subject to hydrolysis) is 1. The van der Waals surface area contributed by atoms with Crippen molar-refractivity contribution < 1.29 is 81.1 Å². The van der Waals surface area contributed by atoms with Gasteiger partial charge in [-0.15, -0.1) is 5.06 Å². The number of hydroxylamine groups is 2. The standard InChI is InChI=1S/C37H40N6O11.C2HF3O2/c1-37(2,35(51)40-27(13-16-31(46)47)33(49)39-19-32(48)54-43-29(44)14-15-30(43)45)42-34(50)28(18-21-8-7-17-38-21)41-36(52)53-20-26-24-11-5-3-9-22(24)23-10-4-6-12-25(23)26;3-2(4,5)1(6)7/h3-6,8-12,17,26-28H,7,13-16,18-20H2,1-2H3,(H,39,49)(H,40,51)(H,41,52)(H,42,50)(H,46,47);(H,6,7)/t27-,28-;/m0./s1. The van der Waals surface area contributed by atoms with Gasteiger partial charge in [0.1, 0.15) is 43.0 Å². The molecule has 2 aromatic carbocycles. The molecule has 19 nitrogen and oxygen atoms in total. The maximum Gasteiger partial charge on any atom is 0.430 e. The molecular formula is C39H41F3N6O13. The van der Waals surface area contributed by atoms with E-state index in [0.717, 1.165) is 22.3 Å². The number of halogens is 3. The number of carbonyl (C=O) groups excluding carboxylic acids is 8. The van der Waals surface area contributed by atoms with Gasteiger partial charge in [0.05, 0.1) is 6.42 Å². The summed E-state index contributed by atoms with van der Waals surface area (Å²) in [7, 11) is 0. The van der Waals surface area contributed by atoms with E-state index >= 15 is 0 Å². The monoisotopic (exact) mass is 858 g/mol. The molecule has 22 heteroatoms. The number of benzene rings is 2. The van der Waals surface area contributed by atoms with E-state index in [0.29, 0.717) is 17.2 Å². The lowest BCUT2D eigenvalue weighted by Gasteiger charge is -2.29. The Kier molecular flexibility index (Phi) is 15.4. The van der Waals surface area contributed by atoms with Gasteiger partial charge < -0.3 is 45.8 Å². The number of aliphatic carboxylic acids is 2. The SMILES string of the molecule is CC(C)(NC(=O)[C@H](CC1=CCC=[NH+]1)NC(=O)OCC1c2ccccc2-c2ccccc21)C(=O)N[C@@H](CCC(=O)O)C(=O)NCC(=O)ON1C(=O)CCC1=O.O=C([O-])C(F)(F)F. The van der Waals surface area contributed by atoms with Crippen molar-refractivity contribution in [3.63, 3.8) is 0 Å². The van der Waals surface area contributed by atoms with E-state index in [2.05, 4.69) is 26.3 Å². The molecule has 6 amide bonds. The first kappa shape index (κ1) is 46.6. The number of amides is 6. The first-order valence-corrected chi connectivity index (χ1v) is 18.5. The highest BCUT2D eigenvalue weighted by Crippen LogP contribution is 2.44. The summed E-state index contributed by atoms with van der Waals surface area (Å²) in [6, 6.07) is 13.0. The molecule has 0 aromatic heterocycles. The fourth-order valence-corrected chi connectivity index (χ4v) is 6.21. The summed E-state index contributed by atoms with van der Waals surface area (Å²) in [5.74, 6) is -9.69. The topological polar surface area (TPSA) is 281 Å². The third kappa shape index (κ3) is 12.9. The molecule has 0 spiro atoms. The number of rotatable bonds is 16. The van der Waals surface area contributed by atoms with Gasteiger partial charge in [-0.25, -0.2) is 14.6 Å². The lowest BCUT2D eigenvalue weighted by atomic mass is 9.98. The molecule has 326 valence electrons. The number of allylic oxidation sites excluding steroid dienone is 1. The molecule has 0 radical (unpaired) electrons. The summed E-state index contributed by atoms with van der Waals surface area (Å²) in [6.07, 6.45) is -3.03. The summed E-state index contributed by atoms with van der Waals surface area (Å²) >= 11 is 0. The van der Waals surface area contributed by atoms with Crippen LogP contribution in [0.2, 0.25) is 0 Å². The molecule has 0 bridgehead atoms. The van der Waals surface area contributed by atoms with Crippen molar-refractivity contribution >= 4 is 59.8 Å². The second-order valence-corrected chi connectivity index (χ2v) is 14.2. The van der Waals surface area contributed by atoms with Crippen LogP contribution in [0.4, 0.5) is 18.0 Å². The lowest BCUT2D eigenvalue weighted by Crippen LogP contribution is -2.66. The van der Waals surface area contributed by atoms with Crippen molar-refractivity contribution in [2.75, 3.05) is 13.2 Å². The highest BCUT2D eigenvalue weighted by atomic mass is 19.4. The van der Waals surface area contributed by atoms with E-state index in [4.69, 9.17) is 19.5 Å². The summed E-state index contributed by atoms with van der Waals surface area (Å²) < 4.78 is 37.2. The molecule has 6 N–H and O–H groups in total. The maximum absolute atomic E-state index is 13.7. The van der Waals surface area contributed by atoms with Gasteiger partial charge >= 0.3 is 24.2 Å². The summed E-state index contributed by atoms with van der Waals surface area (Å²) in [4.78, 5) is 117. The van der Waals surface area contributed by atoms with E-state index in [1.807, 2.05) is 54.6 Å². The molecule has 2 atom stereocenters.